The van der Waals surface area contributed by atoms with Gasteiger partial charge in [0.1, 0.15) is 5.82 Å². The number of amides is 2. The average Bonchev–Trinajstić information content (AvgIpc) is 3.11. The second kappa shape index (κ2) is 6.59. The molecule has 132 valence electrons. The third-order valence-electron chi connectivity index (χ3n) is 4.75. The van der Waals surface area contributed by atoms with Crippen LogP contribution in [0.2, 0.25) is 0 Å². The summed E-state index contributed by atoms with van der Waals surface area (Å²) in [5.41, 5.74) is 2.90. The number of hydrogen-bond donors (Lipinski definition) is 1. The first-order chi connectivity index (χ1) is 12.6. The van der Waals surface area contributed by atoms with Crippen molar-refractivity contribution in [2.24, 2.45) is 0 Å². The van der Waals surface area contributed by atoms with Crippen LogP contribution < -0.4 is 5.32 Å². The van der Waals surface area contributed by atoms with Crippen LogP contribution in [0.1, 0.15) is 30.5 Å². The number of nitrogens with zero attached hydrogens (tertiary/aromatic N) is 4. The molecule has 0 fully saturated rings. The number of anilines is 1. The van der Waals surface area contributed by atoms with Crippen LogP contribution in [0.4, 0.5) is 5.82 Å². The SMILES string of the molecule is CC(=O)N1CCc2ccccc2[C@H]1CC(=O)Nc1ccnc2ccnn12. The molecule has 0 saturated carbocycles. The van der Waals surface area contributed by atoms with E-state index in [1.54, 1.807) is 40.9 Å². The first-order valence-corrected chi connectivity index (χ1v) is 8.57. The zero-order valence-corrected chi connectivity index (χ0v) is 14.4. The Morgan fingerprint density at radius 2 is 2.04 bits per heavy atom. The molecular weight excluding hydrogens is 330 g/mol. The lowest BCUT2D eigenvalue weighted by atomic mass is 9.90. The molecule has 1 N–H and O–H groups in total. The second-order valence-corrected chi connectivity index (χ2v) is 6.36. The van der Waals surface area contributed by atoms with E-state index in [1.807, 2.05) is 18.2 Å². The summed E-state index contributed by atoms with van der Waals surface area (Å²) in [6, 6.07) is 11.2. The van der Waals surface area contributed by atoms with Crippen LogP contribution in [0.25, 0.3) is 5.65 Å². The van der Waals surface area contributed by atoms with Crippen molar-refractivity contribution in [3.63, 3.8) is 0 Å². The van der Waals surface area contributed by atoms with Crippen LogP contribution in [-0.4, -0.2) is 37.9 Å². The normalized spacial score (nSPS) is 16.3. The molecule has 0 aliphatic carbocycles. The quantitative estimate of drug-likeness (QED) is 0.786. The van der Waals surface area contributed by atoms with E-state index in [4.69, 9.17) is 0 Å². The topological polar surface area (TPSA) is 79.6 Å². The molecule has 26 heavy (non-hydrogen) atoms. The molecule has 7 heteroatoms. The molecule has 7 nitrogen and oxygen atoms in total. The summed E-state index contributed by atoms with van der Waals surface area (Å²) in [5.74, 6) is 0.375. The van der Waals surface area contributed by atoms with Crippen molar-refractivity contribution >= 4 is 23.3 Å². The van der Waals surface area contributed by atoms with Gasteiger partial charge in [-0.1, -0.05) is 24.3 Å². The van der Waals surface area contributed by atoms with Gasteiger partial charge in [0.2, 0.25) is 11.8 Å². The Morgan fingerprint density at radius 1 is 1.19 bits per heavy atom. The Bertz CT molecular complexity index is 981. The van der Waals surface area contributed by atoms with Gasteiger partial charge in [0.15, 0.2) is 5.65 Å². The summed E-state index contributed by atoms with van der Waals surface area (Å²) in [6.45, 7) is 2.18. The van der Waals surface area contributed by atoms with Crippen LogP contribution in [0, 0.1) is 0 Å². The minimum atomic E-state index is -0.257. The summed E-state index contributed by atoms with van der Waals surface area (Å²) in [4.78, 5) is 30.7. The summed E-state index contributed by atoms with van der Waals surface area (Å²) in [6.07, 6.45) is 4.27. The Hall–Kier alpha value is -3.22. The molecule has 0 unspecified atom stereocenters. The van der Waals surface area contributed by atoms with Gasteiger partial charge in [0.25, 0.3) is 0 Å². The molecule has 1 atom stereocenters. The molecule has 0 radical (unpaired) electrons. The Morgan fingerprint density at radius 3 is 2.88 bits per heavy atom. The number of rotatable bonds is 3. The second-order valence-electron chi connectivity index (χ2n) is 6.36. The molecule has 1 aliphatic rings. The minimum absolute atomic E-state index is 0.0179. The van der Waals surface area contributed by atoms with Gasteiger partial charge in [-0.2, -0.15) is 9.61 Å². The number of carbonyl (C=O) groups is 2. The highest BCUT2D eigenvalue weighted by Gasteiger charge is 2.30. The van der Waals surface area contributed by atoms with Gasteiger partial charge in [-0.05, 0) is 23.6 Å². The zero-order chi connectivity index (χ0) is 18.1. The van der Waals surface area contributed by atoms with Crippen molar-refractivity contribution in [2.75, 3.05) is 11.9 Å². The van der Waals surface area contributed by atoms with Crippen molar-refractivity contribution in [3.05, 3.63) is 59.9 Å². The Kier molecular flexibility index (Phi) is 4.12. The van der Waals surface area contributed by atoms with Crippen molar-refractivity contribution < 1.29 is 9.59 Å². The minimum Gasteiger partial charge on any atom is -0.335 e. The molecule has 1 aliphatic heterocycles. The largest absolute Gasteiger partial charge is 0.335 e. The maximum atomic E-state index is 12.7. The van der Waals surface area contributed by atoms with Crippen molar-refractivity contribution in [3.8, 4) is 0 Å². The van der Waals surface area contributed by atoms with Gasteiger partial charge in [-0.25, -0.2) is 4.98 Å². The average molecular weight is 349 g/mol. The predicted molar refractivity (Wildman–Crippen MR) is 96.5 cm³/mol. The number of hydrogen-bond acceptors (Lipinski definition) is 4. The highest BCUT2D eigenvalue weighted by molar-refractivity contribution is 5.91. The maximum Gasteiger partial charge on any atom is 0.227 e. The number of aromatic nitrogens is 3. The number of benzene rings is 1. The van der Waals surface area contributed by atoms with E-state index in [0.29, 0.717) is 18.0 Å². The molecule has 3 heterocycles. The van der Waals surface area contributed by atoms with E-state index in [9.17, 15) is 9.59 Å². The molecule has 1 aromatic carbocycles. The summed E-state index contributed by atoms with van der Waals surface area (Å²) < 4.78 is 1.58. The van der Waals surface area contributed by atoms with Gasteiger partial charge in [0, 0.05) is 25.7 Å². The molecule has 2 aromatic heterocycles. The van der Waals surface area contributed by atoms with Gasteiger partial charge < -0.3 is 10.2 Å². The lowest BCUT2D eigenvalue weighted by molar-refractivity contribution is -0.132. The first-order valence-electron chi connectivity index (χ1n) is 8.57. The summed E-state index contributed by atoms with van der Waals surface area (Å²) in [5, 5.41) is 7.06. The van der Waals surface area contributed by atoms with Crippen molar-refractivity contribution in [2.45, 2.75) is 25.8 Å². The molecule has 4 rings (SSSR count). The van der Waals surface area contributed by atoms with Gasteiger partial charge in [-0.3, -0.25) is 9.59 Å². The number of fused-ring (bicyclic) bond motifs is 2. The fraction of sp³-hybridized carbons (Fsp3) is 0.263. The fourth-order valence-electron chi connectivity index (χ4n) is 3.55. The van der Waals surface area contributed by atoms with Crippen LogP contribution >= 0.6 is 0 Å². The van der Waals surface area contributed by atoms with Gasteiger partial charge in [-0.15, -0.1) is 0 Å². The summed E-state index contributed by atoms with van der Waals surface area (Å²) >= 11 is 0. The lowest BCUT2D eigenvalue weighted by Gasteiger charge is -2.36. The third kappa shape index (κ3) is 2.92. The summed E-state index contributed by atoms with van der Waals surface area (Å²) in [7, 11) is 0. The van der Waals surface area contributed by atoms with Crippen molar-refractivity contribution in [1.29, 1.82) is 0 Å². The molecule has 3 aromatic rings. The zero-order valence-electron chi connectivity index (χ0n) is 14.4. The number of carbonyl (C=O) groups excluding carboxylic acids is 2. The monoisotopic (exact) mass is 349 g/mol. The van der Waals surface area contributed by atoms with Crippen LogP contribution in [-0.2, 0) is 16.0 Å². The highest BCUT2D eigenvalue weighted by Crippen LogP contribution is 2.32. The maximum absolute atomic E-state index is 12.7. The molecule has 0 saturated heterocycles. The standard InChI is InChI=1S/C19H19N5O2/c1-13(25)23-11-8-14-4-2-3-5-15(14)16(23)12-19(26)22-18-6-9-20-17-7-10-21-24(17)18/h2-7,9-10,16H,8,11-12H2,1H3,(H,22,26)/t16-/m1/s1. The van der Waals surface area contributed by atoms with Gasteiger partial charge in [0.05, 0.1) is 18.7 Å². The smallest absolute Gasteiger partial charge is 0.227 e. The first kappa shape index (κ1) is 16.3. The van der Waals surface area contributed by atoms with Gasteiger partial charge >= 0.3 is 0 Å². The van der Waals surface area contributed by atoms with E-state index < -0.39 is 0 Å². The Balaban J connectivity index is 1.59. The van der Waals surface area contributed by atoms with E-state index in [-0.39, 0.29) is 24.3 Å². The van der Waals surface area contributed by atoms with E-state index in [0.717, 1.165) is 12.0 Å². The van der Waals surface area contributed by atoms with Crippen molar-refractivity contribution in [1.82, 2.24) is 19.5 Å². The van der Waals surface area contributed by atoms with E-state index in [1.165, 1.54) is 5.56 Å². The van der Waals surface area contributed by atoms with E-state index in [2.05, 4.69) is 21.5 Å². The third-order valence-corrected chi connectivity index (χ3v) is 4.75. The number of nitrogens with one attached hydrogen (secondary N) is 1. The van der Waals surface area contributed by atoms with Crippen LogP contribution in [0.15, 0.2) is 48.8 Å². The predicted octanol–water partition coefficient (Wildman–Crippen LogP) is 2.20. The highest BCUT2D eigenvalue weighted by atomic mass is 16.2. The molecule has 0 bridgehead atoms. The molecular formula is C19H19N5O2. The van der Waals surface area contributed by atoms with Crippen LogP contribution in [0.3, 0.4) is 0 Å². The molecule has 2 amide bonds. The van der Waals surface area contributed by atoms with E-state index >= 15 is 0 Å². The fourth-order valence-corrected chi connectivity index (χ4v) is 3.55. The molecule has 0 spiro atoms. The van der Waals surface area contributed by atoms with Crippen LogP contribution in [0.5, 0.6) is 0 Å². The Labute approximate surface area is 150 Å². The lowest BCUT2D eigenvalue weighted by Crippen LogP contribution is -2.40.